The largest absolute Gasteiger partial charge is 2.00 e. The zero-order chi connectivity index (χ0) is 8.27. The van der Waals surface area contributed by atoms with Gasteiger partial charge >= 0.3 is 37.7 Å². The first kappa shape index (κ1) is 12.2. The van der Waals surface area contributed by atoms with Crippen molar-refractivity contribution >= 4 is 49.1 Å². The summed E-state index contributed by atoms with van der Waals surface area (Å²) >= 11 is -2.55. The quantitative estimate of drug-likeness (QED) is 0.573. The van der Waals surface area contributed by atoms with Crippen molar-refractivity contribution in [3.63, 3.8) is 0 Å². The van der Waals surface area contributed by atoms with Crippen LogP contribution in [0.2, 0.25) is 0 Å². The topological polar surface area (TPSA) is 69.6 Å². The molecule has 12 heavy (non-hydrogen) atoms. The molecule has 0 bridgehead atoms. The third-order valence-electron chi connectivity index (χ3n) is 1.00. The summed E-state index contributed by atoms with van der Waals surface area (Å²) in [6, 6.07) is 5.38. The Balaban J connectivity index is -0.000000403. The molecule has 0 aliphatic rings. The van der Waals surface area contributed by atoms with Crippen LogP contribution in [0.3, 0.4) is 0 Å². The van der Waals surface area contributed by atoms with Crippen molar-refractivity contribution in [3.05, 3.63) is 24.3 Å². The maximum Gasteiger partial charge on any atom is 2.00 e. The fraction of sp³-hybridized carbons (Fsp3) is 0. The first-order valence-corrected chi connectivity index (χ1v) is 3.75. The van der Waals surface area contributed by atoms with Crippen LogP contribution in [-0.2, 0) is 11.4 Å². The van der Waals surface area contributed by atoms with Gasteiger partial charge in [-0.15, -0.1) is 0 Å². The van der Waals surface area contributed by atoms with E-state index in [-0.39, 0.29) is 52.1 Å². The monoisotopic (exact) mass is 215 g/mol. The standard InChI is InChI=1S/C6H6O4S.Ca.2H/c7-5-1-3-6(4-2-5)10-11(8)9;;;/h1-4,7H,(H,8,9);;;/q;+2;2*-1/p-1. The van der Waals surface area contributed by atoms with Crippen molar-refractivity contribution < 1.29 is 20.9 Å². The molecule has 1 N–H and O–H groups in total. The summed E-state index contributed by atoms with van der Waals surface area (Å²) in [6.07, 6.45) is 0. The van der Waals surface area contributed by atoms with Gasteiger partial charge in [-0.25, -0.2) is 4.21 Å². The van der Waals surface area contributed by atoms with Gasteiger partial charge in [0.15, 0.2) is 0 Å². The summed E-state index contributed by atoms with van der Waals surface area (Å²) in [6.45, 7) is 0. The van der Waals surface area contributed by atoms with Gasteiger partial charge in [-0.1, -0.05) is 0 Å². The maximum absolute atomic E-state index is 9.97. The van der Waals surface area contributed by atoms with Gasteiger partial charge in [0.2, 0.25) is 0 Å². The Kier molecular flexibility index (Phi) is 5.86. The first-order valence-electron chi connectivity index (χ1n) is 2.75. The molecule has 0 aliphatic carbocycles. The second-order valence-corrected chi connectivity index (χ2v) is 2.36. The molecule has 1 aromatic carbocycles. The molecule has 1 rings (SSSR count). The molecular formula is C6H7CaO4S-. The predicted octanol–water partition coefficient (Wildman–Crippen LogP) is 0.409. The average Bonchev–Trinajstić information content (AvgIpc) is 1.93. The molecule has 0 amide bonds. The molecule has 0 spiro atoms. The minimum absolute atomic E-state index is 0. The van der Waals surface area contributed by atoms with E-state index in [0.717, 1.165) is 0 Å². The number of aromatic hydroxyl groups is 1. The minimum Gasteiger partial charge on any atom is -1.00 e. The van der Waals surface area contributed by atoms with Crippen LogP contribution in [0.5, 0.6) is 11.5 Å². The van der Waals surface area contributed by atoms with E-state index in [1.165, 1.54) is 24.3 Å². The molecule has 1 unspecified atom stereocenters. The van der Waals surface area contributed by atoms with Crippen LogP contribution in [0.15, 0.2) is 24.3 Å². The van der Waals surface area contributed by atoms with Crippen molar-refractivity contribution in [1.29, 1.82) is 0 Å². The number of benzene rings is 1. The van der Waals surface area contributed by atoms with Gasteiger partial charge in [0.25, 0.3) is 0 Å². The fourth-order valence-corrected chi connectivity index (χ4v) is 0.849. The summed E-state index contributed by atoms with van der Waals surface area (Å²) < 4.78 is 24.2. The Labute approximate surface area is 105 Å². The molecule has 1 atom stereocenters. The Bertz CT molecular complexity index is 269. The van der Waals surface area contributed by atoms with Crippen LogP contribution >= 0.6 is 0 Å². The number of hydrogen-bond acceptors (Lipinski definition) is 4. The van der Waals surface area contributed by atoms with Gasteiger partial charge < -0.3 is 16.7 Å². The third-order valence-corrected chi connectivity index (χ3v) is 1.33. The third kappa shape index (κ3) is 4.27. The molecule has 0 saturated carbocycles. The van der Waals surface area contributed by atoms with E-state index in [2.05, 4.69) is 4.18 Å². The molecule has 6 heteroatoms. The van der Waals surface area contributed by atoms with Gasteiger partial charge in [0.05, 0.1) is 0 Å². The zero-order valence-corrected chi connectivity index (χ0v) is 9.12. The molecular weight excluding hydrogens is 208 g/mol. The smallest absolute Gasteiger partial charge is 1.00 e. The minimum atomic E-state index is -2.55. The van der Waals surface area contributed by atoms with Crippen LogP contribution < -0.4 is 4.18 Å². The van der Waals surface area contributed by atoms with Gasteiger partial charge in [0.1, 0.15) is 22.9 Å². The van der Waals surface area contributed by atoms with E-state index in [9.17, 15) is 8.76 Å². The fourth-order valence-electron chi connectivity index (χ4n) is 0.580. The molecule has 64 valence electrons. The molecule has 4 nitrogen and oxygen atoms in total. The number of rotatable bonds is 2. The van der Waals surface area contributed by atoms with Crippen molar-refractivity contribution in [2.75, 3.05) is 0 Å². The summed E-state index contributed by atoms with van der Waals surface area (Å²) in [5, 5.41) is 8.78. The Morgan fingerprint density at radius 3 is 2.33 bits per heavy atom. The van der Waals surface area contributed by atoms with E-state index in [0.29, 0.717) is 0 Å². The van der Waals surface area contributed by atoms with Gasteiger partial charge in [-0.3, -0.25) is 0 Å². The van der Waals surface area contributed by atoms with Crippen molar-refractivity contribution in [1.82, 2.24) is 0 Å². The molecule has 0 aliphatic heterocycles. The Morgan fingerprint density at radius 2 is 1.92 bits per heavy atom. The van der Waals surface area contributed by atoms with E-state index < -0.39 is 11.4 Å². The molecule has 0 heterocycles. The maximum atomic E-state index is 9.97. The normalized spacial score (nSPS) is 11.4. The van der Waals surface area contributed by atoms with Gasteiger partial charge in [0, 0.05) is 0 Å². The molecule has 0 fully saturated rings. The zero-order valence-electron chi connectivity index (χ0n) is 8.10. The first-order chi connectivity index (χ1) is 5.18. The summed E-state index contributed by atoms with van der Waals surface area (Å²) in [7, 11) is 0. The molecule has 0 saturated heterocycles. The summed E-state index contributed by atoms with van der Waals surface area (Å²) in [5.41, 5.74) is 0. The summed E-state index contributed by atoms with van der Waals surface area (Å²) in [5.74, 6) is 0.241. The van der Waals surface area contributed by atoms with Crippen LogP contribution in [0, 0.1) is 0 Å². The van der Waals surface area contributed by atoms with Gasteiger partial charge in [-0.05, 0) is 24.3 Å². The SMILES string of the molecule is O=S([O-])Oc1ccc(O)cc1.[Ca+2].[H-].[H-]. The molecule has 1 aromatic rings. The van der Waals surface area contributed by atoms with Crippen molar-refractivity contribution in [3.8, 4) is 11.5 Å². The number of phenolic OH excluding ortho intramolecular Hbond substituents is 1. The Morgan fingerprint density at radius 1 is 1.42 bits per heavy atom. The van der Waals surface area contributed by atoms with E-state index in [4.69, 9.17) is 5.11 Å². The predicted molar refractivity (Wildman–Crippen MR) is 45.6 cm³/mol. The van der Waals surface area contributed by atoms with E-state index in [1.54, 1.807) is 0 Å². The molecule has 0 radical (unpaired) electrons. The van der Waals surface area contributed by atoms with Crippen molar-refractivity contribution in [2.24, 2.45) is 0 Å². The second-order valence-electron chi connectivity index (χ2n) is 1.78. The molecule has 0 aromatic heterocycles. The number of hydrogen-bond donors (Lipinski definition) is 1. The Hall–Kier alpha value is 0.190. The summed E-state index contributed by atoms with van der Waals surface area (Å²) in [4.78, 5) is 0. The van der Waals surface area contributed by atoms with Crippen LogP contribution in [0.1, 0.15) is 2.85 Å². The van der Waals surface area contributed by atoms with E-state index in [1.807, 2.05) is 0 Å². The van der Waals surface area contributed by atoms with E-state index >= 15 is 0 Å². The average molecular weight is 215 g/mol. The van der Waals surface area contributed by atoms with Crippen LogP contribution in [0.4, 0.5) is 0 Å². The second kappa shape index (κ2) is 5.77. The van der Waals surface area contributed by atoms with Crippen LogP contribution in [-0.4, -0.2) is 51.6 Å². The van der Waals surface area contributed by atoms with Crippen LogP contribution in [0.25, 0.3) is 0 Å². The van der Waals surface area contributed by atoms with Gasteiger partial charge in [-0.2, -0.15) is 0 Å². The van der Waals surface area contributed by atoms with Crippen molar-refractivity contribution in [2.45, 2.75) is 0 Å². The number of phenols is 1.